The van der Waals surface area contributed by atoms with Gasteiger partial charge in [0.2, 0.25) is 0 Å². The second kappa shape index (κ2) is 7.23. The van der Waals surface area contributed by atoms with E-state index in [-0.39, 0.29) is 0 Å². The lowest BCUT2D eigenvalue weighted by Gasteiger charge is -2.06. The molecular weight excluding hydrogens is 294 g/mol. The third kappa shape index (κ3) is 5.06. The van der Waals surface area contributed by atoms with Crippen LogP contribution in [0.3, 0.4) is 0 Å². The Bertz CT molecular complexity index is 509. The molecule has 0 aliphatic carbocycles. The molecule has 0 spiro atoms. The number of non-ortho nitro benzene ring substituents is 1. The Labute approximate surface area is 115 Å². The molecule has 0 atom stereocenters. The van der Waals surface area contributed by atoms with E-state index in [1.54, 1.807) is 0 Å². The van der Waals surface area contributed by atoms with Gasteiger partial charge in [0.15, 0.2) is 0 Å². The van der Waals surface area contributed by atoms with Crippen molar-refractivity contribution in [2.24, 2.45) is 0 Å². The van der Waals surface area contributed by atoms with E-state index < -0.39 is 37.6 Å². The first-order valence-corrected chi connectivity index (χ1v) is 7.30. The number of nitrogens with zero attached hydrogens (tertiary/aromatic N) is 3. The zero-order valence-corrected chi connectivity index (χ0v) is 11.6. The average Bonchev–Trinajstić information content (AvgIpc) is 2.27. The lowest BCUT2D eigenvalue weighted by atomic mass is 10.2. The zero-order chi connectivity index (χ0) is 16.0. The second-order valence-corrected chi connectivity index (χ2v) is 6.26. The molecule has 0 amide bonds. The summed E-state index contributed by atoms with van der Waals surface area (Å²) in [5.41, 5.74) is -3.26. The van der Waals surface area contributed by atoms with Crippen molar-refractivity contribution in [3.63, 3.8) is 0 Å². The first-order chi connectivity index (χ1) is 9.07. The van der Waals surface area contributed by atoms with E-state index in [0.717, 1.165) is 0 Å². The van der Waals surface area contributed by atoms with Gasteiger partial charge in [-0.15, -0.1) is 0 Å². The number of hydrogen-bond donors (Lipinski definition) is 0. The normalized spacial score (nSPS) is 9.60. The minimum absolute atomic E-state index is 0.384. The first-order valence-electron chi connectivity index (χ1n) is 4.85. The van der Waals surface area contributed by atoms with Crippen LogP contribution in [-0.2, 0) is 10.9 Å². The summed E-state index contributed by atoms with van der Waals surface area (Å²) in [4.78, 5) is 27.5. The molecular formula is C9H11N3O7S. The van der Waals surface area contributed by atoms with Gasteiger partial charge in [0.25, 0.3) is 17.1 Å². The molecule has 0 unspecified atom stereocenters. The molecule has 110 valence electrons. The number of nitro groups is 3. The fourth-order valence-corrected chi connectivity index (χ4v) is 0.961. The maximum absolute atomic E-state index is 11.1. The minimum Gasteiger partial charge on any atom is -0.863 e. The summed E-state index contributed by atoms with van der Waals surface area (Å²) < 4.78 is 0. The van der Waals surface area contributed by atoms with Crippen LogP contribution in [0.25, 0.3) is 0 Å². The Hall–Kier alpha value is -2.43. The molecule has 0 saturated heterocycles. The molecule has 0 bridgehead atoms. The summed E-state index contributed by atoms with van der Waals surface area (Å²) in [5, 5.41) is 42.1. The molecule has 0 aliphatic rings. The minimum atomic E-state index is -1.46. The lowest BCUT2D eigenvalue weighted by molar-refractivity contribution is -0.420. The molecule has 0 N–H and O–H groups in total. The highest BCUT2D eigenvalue weighted by Gasteiger charge is 2.24. The maximum atomic E-state index is 11.1. The highest BCUT2D eigenvalue weighted by molar-refractivity contribution is 7.94. The summed E-state index contributed by atoms with van der Waals surface area (Å²) in [7, 11) is 0.639. The zero-order valence-electron chi connectivity index (χ0n) is 10.8. The Morgan fingerprint density at radius 1 is 0.850 bits per heavy atom. The maximum Gasteiger partial charge on any atom is 0.283 e. The van der Waals surface area contributed by atoms with Gasteiger partial charge in [-0.1, -0.05) is 0 Å². The molecule has 0 aromatic heterocycles. The number of hydrogen-bond acceptors (Lipinski definition) is 7. The summed E-state index contributed by atoms with van der Waals surface area (Å²) in [6, 6.07) is 0.769. The van der Waals surface area contributed by atoms with Crippen molar-refractivity contribution in [1.82, 2.24) is 0 Å². The molecule has 0 heterocycles. The van der Waals surface area contributed by atoms with Crippen molar-refractivity contribution in [2.75, 3.05) is 18.8 Å². The van der Waals surface area contributed by atoms with E-state index >= 15 is 0 Å². The van der Waals surface area contributed by atoms with E-state index in [9.17, 15) is 35.4 Å². The van der Waals surface area contributed by atoms with Crippen LogP contribution in [0.4, 0.5) is 17.1 Å². The van der Waals surface area contributed by atoms with Crippen molar-refractivity contribution in [3.8, 4) is 5.75 Å². The van der Waals surface area contributed by atoms with Gasteiger partial charge in [-0.3, -0.25) is 30.3 Å². The van der Waals surface area contributed by atoms with Crippen LogP contribution in [0.1, 0.15) is 0 Å². The predicted molar refractivity (Wildman–Crippen MR) is 71.0 cm³/mol. The first kappa shape index (κ1) is 17.6. The van der Waals surface area contributed by atoms with Crippen LogP contribution in [0.5, 0.6) is 5.75 Å². The fraction of sp³-hybridized carbons (Fsp3) is 0.333. The van der Waals surface area contributed by atoms with Crippen LogP contribution in [0.15, 0.2) is 12.1 Å². The Balaban J connectivity index is 0.000000796. The van der Waals surface area contributed by atoms with Crippen LogP contribution in [0.2, 0.25) is 0 Å². The molecule has 0 aliphatic heterocycles. The summed E-state index contributed by atoms with van der Waals surface area (Å²) in [6.07, 6.45) is 6.58. The van der Waals surface area contributed by atoms with Gasteiger partial charge < -0.3 is 5.11 Å². The summed E-state index contributed by atoms with van der Waals surface area (Å²) >= 11 is 0. The van der Waals surface area contributed by atoms with Gasteiger partial charge in [-0.05, 0) is 10.9 Å². The van der Waals surface area contributed by atoms with Gasteiger partial charge >= 0.3 is 0 Å². The molecule has 1 rings (SSSR count). The standard InChI is InChI=1S/C6H3N3O7.C3H9S/c10-6-4(8(13)14)1-3(7(11)12)2-5(6)9(15)16;1-4(2)3/h1-2,10H;1-3H3/q;+1/p-1. The number of nitro benzene ring substituents is 3. The highest BCUT2D eigenvalue weighted by atomic mass is 32.2. The van der Waals surface area contributed by atoms with Crippen molar-refractivity contribution < 1.29 is 19.9 Å². The SMILES string of the molecule is C[S+](C)C.O=[N+]([O-])c1cc([N+](=O)[O-])c([O-])c([N+](=O)[O-])c1. The molecule has 20 heavy (non-hydrogen) atoms. The van der Waals surface area contributed by atoms with Crippen molar-refractivity contribution in [2.45, 2.75) is 0 Å². The van der Waals surface area contributed by atoms with Crippen molar-refractivity contribution in [1.29, 1.82) is 0 Å². The van der Waals surface area contributed by atoms with Crippen molar-refractivity contribution in [3.05, 3.63) is 42.5 Å². The van der Waals surface area contributed by atoms with Crippen LogP contribution < -0.4 is 5.11 Å². The van der Waals surface area contributed by atoms with E-state index in [0.29, 0.717) is 23.0 Å². The van der Waals surface area contributed by atoms with E-state index in [1.165, 1.54) is 0 Å². The number of benzene rings is 1. The quantitative estimate of drug-likeness (QED) is 0.458. The van der Waals surface area contributed by atoms with E-state index in [4.69, 9.17) is 0 Å². The Morgan fingerprint density at radius 2 is 1.15 bits per heavy atom. The van der Waals surface area contributed by atoms with Gasteiger partial charge in [0, 0.05) is 0 Å². The number of rotatable bonds is 3. The van der Waals surface area contributed by atoms with Crippen LogP contribution in [0, 0.1) is 30.3 Å². The predicted octanol–water partition coefficient (Wildman–Crippen LogP) is 0.979. The fourth-order valence-electron chi connectivity index (χ4n) is 0.961. The van der Waals surface area contributed by atoms with Gasteiger partial charge in [-0.2, -0.15) is 0 Å². The van der Waals surface area contributed by atoms with Gasteiger partial charge in [0.05, 0.1) is 51.4 Å². The lowest BCUT2D eigenvalue weighted by Crippen LogP contribution is -2.04. The van der Waals surface area contributed by atoms with Gasteiger partial charge in [-0.25, -0.2) is 0 Å². The average molecular weight is 305 g/mol. The largest absolute Gasteiger partial charge is 0.863 e. The molecule has 0 fully saturated rings. The third-order valence-electron chi connectivity index (χ3n) is 1.64. The van der Waals surface area contributed by atoms with Crippen LogP contribution in [-0.4, -0.2) is 33.5 Å². The molecule has 11 heteroatoms. The van der Waals surface area contributed by atoms with E-state index in [1.807, 2.05) is 0 Å². The van der Waals surface area contributed by atoms with E-state index in [2.05, 4.69) is 18.8 Å². The van der Waals surface area contributed by atoms with Crippen LogP contribution >= 0.6 is 0 Å². The summed E-state index contributed by atoms with van der Waals surface area (Å²) in [5.74, 6) is -1.46. The second-order valence-electron chi connectivity index (χ2n) is 3.81. The smallest absolute Gasteiger partial charge is 0.283 e. The van der Waals surface area contributed by atoms with Gasteiger partial charge in [0.1, 0.15) is 0 Å². The summed E-state index contributed by atoms with van der Waals surface area (Å²) in [6.45, 7) is 0. The Morgan fingerprint density at radius 3 is 1.35 bits per heavy atom. The Kier molecular flexibility index (Phi) is 6.35. The molecule has 1 aromatic rings. The third-order valence-corrected chi connectivity index (χ3v) is 1.64. The molecule has 0 radical (unpaired) electrons. The molecule has 1 aromatic carbocycles. The highest BCUT2D eigenvalue weighted by Crippen LogP contribution is 2.36. The molecule has 0 saturated carbocycles. The molecule has 10 nitrogen and oxygen atoms in total. The topological polar surface area (TPSA) is 152 Å². The monoisotopic (exact) mass is 305 g/mol. The van der Waals surface area contributed by atoms with Crippen molar-refractivity contribution >= 4 is 28.0 Å².